The number of esters is 1. The van der Waals surface area contributed by atoms with Crippen LogP contribution in [0, 0.1) is 0 Å². The third-order valence-corrected chi connectivity index (χ3v) is 3.42. The zero-order valence-electron chi connectivity index (χ0n) is 9.41. The first-order chi connectivity index (χ1) is 8.36. The van der Waals surface area contributed by atoms with Gasteiger partial charge in [0.25, 0.3) is 0 Å². The minimum atomic E-state index is -3.94. The first kappa shape index (κ1) is 14.1. The molecule has 0 saturated heterocycles. The fourth-order valence-electron chi connectivity index (χ4n) is 1.11. The van der Waals surface area contributed by atoms with Crippen molar-refractivity contribution in [1.82, 2.24) is 4.72 Å². The summed E-state index contributed by atoms with van der Waals surface area (Å²) in [6.07, 6.45) is 0. The number of rotatable bonds is 5. The standard InChI is InChI=1S/C10H11NO6S/c1-17-9(12)6-11-18(15,16)8-4-2-3-7(5-8)10(13)14/h2-5,11H,6H2,1H3,(H,13,14). The number of carbonyl (C=O) groups excluding carboxylic acids is 1. The third kappa shape index (κ3) is 3.54. The number of nitrogens with one attached hydrogen (secondary N) is 1. The largest absolute Gasteiger partial charge is 0.478 e. The van der Waals surface area contributed by atoms with Gasteiger partial charge in [-0.15, -0.1) is 0 Å². The fraction of sp³-hybridized carbons (Fsp3) is 0.200. The number of aromatic carboxylic acids is 1. The molecule has 0 heterocycles. The van der Waals surface area contributed by atoms with Crippen LogP contribution in [0.15, 0.2) is 29.2 Å². The van der Waals surface area contributed by atoms with Crippen LogP contribution in [-0.2, 0) is 19.6 Å². The number of hydrogen-bond acceptors (Lipinski definition) is 5. The lowest BCUT2D eigenvalue weighted by molar-refractivity contribution is -0.139. The predicted molar refractivity (Wildman–Crippen MR) is 60.6 cm³/mol. The van der Waals surface area contributed by atoms with E-state index in [0.717, 1.165) is 13.2 Å². The van der Waals surface area contributed by atoms with Gasteiger partial charge >= 0.3 is 11.9 Å². The number of benzene rings is 1. The van der Waals surface area contributed by atoms with Gasteiger partial charge in [-0.05, 0) is 18.2 Å². The summed E-state index contributed by atoms with van der Waals surface area (Å²) in [5.41, 5.74) is -0.157. The van der Waals surface area contributed by atoms with E-state index in [2.05, 4.69) is 4.74 Å². The van der Waals surface area contributed by atoms with Crippen LogP contribution in [-0.4, -0.2) is 39.1 Å². The lowest BCUT2D eigenvalue weighted by Gasteiger charge is -2.06. The van der Waals surface area contributed by atoms with E-state index in [1.165, 1.54) is 18.2 Å². The molecule has 8 heteroatoms. The van der Waals surface area contributed by atoms with Crippen molar-refractivity contribution in [3.8, 4) is 0 Å². The van der Waals surface area contributed by atoms with Crippen LogP contribution in [0.3, 0.4) is 0 Å². The first-order valence-corrected chi connectivity index (χ1v) is 6.25. The summed E-state index contributed by atoms with van der Waals surface area (Å²) >= 11 is 0. The summed E-state index contributed by atoms with van der Waals surface area (Å²) in [7, 11) is -2.81. The highest BCUT2D eigenvalue weighted by molar-refractivity contribution is 7.89. The lowest BCUT2D eigenvalue weighted by atomic mass is 10.2. The molecule has 1 aromatic rings. The highest BCUT2D eigenvalue weighted by Crippen LogP contribution is 2.11. The van der Waals surface area contributed by atoms with Crippen LogP contribution in [0.1, 0.15) is 10.4 Å². The summed E-state index contributed by atoms with van der Waals surface area (Å²) in [6, 6.07) is 4.80. The maximum atomic E-state index is 11.7. The van der Waals surface area contributed by atoms with E-state index in [0.29, 0.717) is 0 Å². The fourth-order valence-corrected chi connectivity index (χ4v) is 2.12. The van der Waals surface area contributed by atoms with Crippen LogP contribution in [0.25, 0.3) is 0 Å². The number of sulfonamides is 1. The van der Waals surface area contributed by atoms with Crippen LogP contribution < -0.4 is 4.72 Å². The average molecular weight is 273 g/mol. The van der Waals surface area contributed by atoms with Crippen LogP contribution in [0.4, 0.5) is 0 Å². The van der Waals surface area contributed by atoms with Gasteiger partial charge in [-0.25, -0.2) is 13.2 Å². The molecule has 0 aliphatic carbocycles. The Morgan fingerprint density at radius 3 is 2.61 bits per heavy atom. The molecule has 1 aromatic carbocycles. The molecule has 0 saturated carbocycles. The van der Waals surface area contributed by atoms with E-state index < -0.39 is 28.5 Å². The number of carboxylic acids is 1. The van der Waals surface area contributed by atoms with Gasteiger partial charge < -0.3 is 9.84 Å². The molecule has 7 nitrogen and oxygen atoms in total. The maximum absolute atomic E-state index is 11.7. The van der Waals surface area contributed by atoms with Gasteiger partial charge in [0.1, 0.15) is 6.54 Å². The van der Waals surface area contributed by atoms with Crippen molar-refractivity contribution in [2.75, 3.05) is 13.7 Å². The van der Waals surface area contributed by atoms with Gasteiger partial charge in [-0.1, -0.05) is 6.07 Å². The van der Waals surface area contributed by atoms with Gasteiger partial charge in [-0.3, -0.25) is 4.79 Å². The summed E-state index contributed by atoms with van der Waals surface area (Å²) in [6.45, 7) is -0.518. The second-order valence-corrected chi connectivity index (χ2v) is 5.00. The van der Waals surface area contributed by atoms with Crippen molar-refractivity contribution in [3.05, 3.63) is 29.8 Å². The molecule has 0 aliphatic rings. The lowest BCUT2D eigenvalue weighted by Crippen LogP contribution is -2.30. The topological polar surface area (TPSA) is 110 Å². The molecule has 0 radical (unpaired) electrons. The summed E-state index contributed by atoms with van der Waals surface area (Å²) in [5, 5.41) is 8.74. The molecule has 2 N–H and O–H groups in total. The minimum Gasteiger partial charge on any atom is -0.478 e. The van der Waals surface area contributed by atoms with Gasteiger partial charge in [-0.2, -0.15) is 4.72 Å². The molecular formula is C10H11NO6S. The quantitative estimate of drug-likeness (QED) is 0.721. The zero-order chi connectivity index (χ0) is 13.8. The Morgan fingerprint density at radius 1 is 1.39 bits per heavy atom. The van der Waals surface area contributed by atoms with Crippen molar-refractivity contribution in [2.45, 2.75) is 4.90 Å². The second kappa shape index (κ2) is 5.61. The predicted octanol–water partition coefficient (Wildman–Crippen LogP) is -0.164. The molecule has 18 heavy (non-hydrogen) atoms. The number of carboxylic acid groups (broad SMARTS) is 1. The van der Waals surface area contributed by atoms with Crippen molar-refractivity contribution in [1.29, 1.82) is 0 Å². The van der Waals surface area contributed by atoms with E-state index in [1.807, 2.05) is 4.72 Å². The van der Waals surface area contributed by atoms with Gasteiger partial charge in [0, 0.05) is 0 Å². The van der Waals surface area contributed by atoms with Crippen LogP contribution in [0.2, 0.25) is 0 Å². The Balaban J connectivity index is 2.95. The number of carbonyl (C=O) groups is 2. The number of methoxy groups -OCH3 is 1. The van der Waals surface area contributed by atoms with Gasteiger partial charge in [0.2, 0.25) is 10.0 Å². The highest BCUT2D eigenvalue weighted by atomic mass is 32.2. The molecule has 0 aromatic heterocycles. The minimum absolute atomic E-state index is 0.157. The maximum Gasteiger partial charge on any atom is 0.335 e. The van der Waals surface area contributed by atoms with Crippen LogP contribution in [0.5, 0.6) is 0 Å². The van der Waals surface area contributed by atoms with Crippen molar-refractivity contribution >= 4 is 22.0 Å². The van der Waals surface area contributed by atoms with Crippen molar-refractivity contribution in [2.24, 2.45) is 0 Å². The second-order valence-electron chi connectivity index (χ2n) is 3.23. The van der Waals surface area contributed by atoms with Gasteiger partial charge in [0.15, 0.2) is 0 Å². The Kier molecular flexibility index (Phi) is 4.40. The molecule has 0 bridgehead atoms. The molecule has 0 spiro atoms. The first-order valence-electron chi connectivity index (χ1n) is 4.76. The Morgan fingerprint density at radius 2 is 2.06 bits per heavy atom. The average Bonchev–Trinajstić information content (AvgIpc) is 2.36. The molecule has 0 atom stereocenters. The molecule has 0 aliphatic heterocycles. The molecule has 0 fully saturated rings. The molecular weight excluding hydrogens is 262 g/mol. The number of hydrogen-bond donors (Lipinski definition) is 2. The third-order valence-electron chi connectivity index (χ3n) is 2.03. The zero-order valence-corrected chi connectivity index (χ0v) is 10.2. The van der Waals surface area contributed by atoms with E-state index >= 15 is 0 Å². The van der Waals surface area contributed by atoms with E-state index in [4.69, 9.17) is 5.11 Å². The monoisotopic (exact) mass is 273 g/mol. The van der Waals surface area contributed by atoms with E-state index in [-0.39, 0.29) is 10.5 Å². The van der Waals surface area contributed by atoms with E-state index in [9.17, 15) is 18.0 Å². The number of ether oxygens (including phenoxy) is 1. The summed E-state index contributed by atoms with van der Waals surface area (Å²) in [5.74, 6) is -1.98. The van der Waals surface area contributed by atoms with Crippen LogP contribution >= 0.6 is 0 Å². The molecule has 98 valence electrons. The SMILES string of the molecule is COC(=O)CNS(=O)(=O)c1cccc(C(=O)O)c1. The molecule has 0 amide bonds. The molecule has 1 rings (SSSR count). The van der Waals surface area contributed by atoms with Crippen molar-refractivity contribution in [3.63, 3.8) is 0 Å². The highest BCUT2D eigenvalue weighted by Gasteiger charge is 2.17. The van der Waals surface area contributed by atoms with Gasteiger partial charge in [0.05, 0.1) is 17.6 Å². The smallest absolute Gasteiger partial charge is 0.335 e. The Labute approximate surface area is 103 Å². The van der Waals surface area contributed by atoms with Crippen molar-refractivity contribution < 1.29 is 27.9 Å². The Bertz CT molecular complexity index is 565. The summed E-state index contributed by atoms with van der Waals surface area (Å²) in [4.78, 5) is 21.3. The molecule has 0 unspecified atom stereocenters. The van der Waals surface area contributed by atoms with E-state index in [1.54, 1.807) is 0 Å². The summed E-state index contributed by atoms with van der Waals surface area (Å²) < 4.78 is 29.7. The normalized spacial score (nSPS) is 10.9. The Hall–Kier alpha value is -1.93.